The molecule has 1 aromatic heterocycles. The van der Waals surface area contributed by atoms with Crippen molar-refractivity contribution in [3.05, 3.63) is 71.9 Å². The van der Waals surface area contributed by atoms with E-state index >= 15 is 0 Å². The highest BCUT2D eigenvalue weighted by Gasteiger charge is 2.22. The van der Waals surface area contributed by atoms with Crippen molar-refractivity contribution >= 4 is 11.8 Å². The number of hydrogen-bond donors (Lipinski definition) is 0. The van der Waals surface area contributed by atoms with E-state index in [-0.39, 0.29) is 11.4 Å². The lowest BCUT2D eigenvalue weighted by Crippen LogP contribution is -2.17. The summed E-state index contributed by atoms with van der Waals surface area (Å²) in [4.78, 5) is 4.70. The van der Waals surface area contributed by atoms with Gasteiger partial charge < -0.3 is 9.30 Å². The predicted octanol–water partition coefficient (Wildman–Crippen LogP) is 5.26. The number of aromatic nitrogens is 2. The van der Waals surface area contributed by atoms with E-state index in [0.717, 1.165) is 42.4 Å². The maximum Gasteiger partial charge on any atom is 0.169 e. The number of thioether (sulfide) groups is 1. The van der Waals surface area contributed by atoms with E-state index in [2.05, 4.69) is 54.0 Å². The monoisotopic (exact) mass is 403 g/mol. The van der Waals surface area contributed by atoms with E-state index in [0.29, 0.717) is 6.42 Å². The molecule has 0 bridgehead atoms. The average molecular weight is 404 g/mol. The van der Waals surface area contributed by atoms with Gasteiger partial charge in [-0.05, 0) is 37.3 Å². The summed E-state index contributed by atoms with van der Waals surface area (Å²) in [7, 11) is 0. The van der Waals surface area contributed by atoms with Crippen molar-refractivity contribution in [2.75, 3.05) is 6.61 Å². The minimum absolute atomic E-state index is 0.188. The molecule has 3 aromatic rings. The number of rotatable bonds is 7. The summed E-state index contributed by atoms with van der Waals surface area (Å²) in [5, 5.41) is 10.5. The Morgan fingerprint density at radius 1 is 1.21 bits per heavy atom. The summed E-state index contributed by atoms with van der Waals surface area (Å²) >= 11 is 1.55. The first kappa shape index (κ1) is 19.8. The van der Waals surface area contributed by atoms with Crippen LogP contribution in [0.25, 0.3) is 11.3 Å². The number of hydrogen-bond acceptors (Lipinski definition) is 4. The Balaban J connectivity index is 1.58. The SMILES string of the molecule is Cc1ccc(CC(C#N)Sc2ncc(-c3ccccc3)n2CC2CCCO2)cc1. The molecule has 148 valence electrons. The van der Waals surface area contributed by atoms with Crippen LogP contribution in [-0.4, -0.2) is 27.5 Å². The summed E-state index contributed by atoms with van der Waals surface area (Å²) in [5.74, 6) is 0. The van der Waals surface area contributed by atoms with Crippen LogP contribution in [-0.2, 0) is 17.7 Å². The molecule has 2 unspecified atom stereocenters. The summed E-state index contributed by atoms with van der Waals surface area (Å²) < 4.78 is 8.12. The zero-order valence-electron chi connectivity index (χ0n) is 16.6. The zero-order chi connectivity index (χ0) is 20.1. The molecule has 2 aromatic carbocycles. The van der Waals surface area contributed by atoms with Crippen molar-refractivity contribution in [3.63, 3.8) is 0 Å². The maximum atomic E-state index is 9.77. The van der Waals surface area contributed by atoms with Crippen LogP contribution in [0.3, 0.4) is 0 Å². The number of aryl methyl sites for hydroxylation is 1. The highest BCUT2D eigenvalue weighted by atomic mass is 32.2. The van der Waals surface area contributed by atoms with E-state index < -0.39 is 0 Å². The molecule has 2 heterocycles. The fourth-order valence-corrected chi connectivity index (χ4v) is 4.64. The molecular weight excluding hydrogens is 378 g/mol. The summed E-state index contributed by atoms with van der Waals surface area (Å²) in [6.07, 6.45) is 5.02. The largest absolute Gasteiger partial charge is 0.376 e. The summed E-state index contributed by atoms with van der Waals surface area (Å²) in [6, 6.07) is 21.2. The molecule has 2 atom stereocenters. The van der Waals surface area contributed by atoms with Crippen molar-refractivity contribution in [3.8, 4) is 17.3 Å². The third-order valence-corrected chi connectivity index (χ3v) is 6.33. The minimum atomic E-state index is -0.188. The molecule has 29 heavy (non-hydrogen) atoms. The van der Waals surface area contributed by atoms with Crippen molar-refractivity contribution in [1.29, 1.82) is 5.26 Å². The Hall–Kier alpha value is -2.55. The molecule has 0 spiro atoms. The quantitative estimate of drug-likeness (QED) is 0.505. The third-order valence-electron chi connectivity index (χ3n) is 5.23. The summed E-state index contributed by atoms with van der Waals surface area (Å²) in [6.45, 7) is 3.68. The third kappa shape index (κ3) is 4.90. The lowest BCUT2D eigenvalue weighted by atomic mass is 10.1. The molecule has 4 nitrogen and oxygen atoms in total. The van der Waals surface area contributed by atoms with Crippen LogP contribution in [0, 0.1) is 18.3 Å². The van der Waals surface area contributed by atoms with Crippen molar-refractivity contribution in [1.82, 2.24) is 9.55 Å². The van der Waals surface area contributed by atoms with E-state index in [1.807, 2.05) is 24.4 Å². The molecule has 0 N–H and O–H groups in total. The fourth-order valence-electron chi connectivity index (χ4n) is 3.64. The first-order valence-corrected chi connectivity index (χ1v) is 11.0. The van der Waals surface area contributed by atoms with E-state index in [1.54, 1.807) is 11.8 Å². The van der Waals surface area contributed by atoms with Gasteiger partial charge in [0.1, 0.15) is 5.25 Å². The average Bonchev–Trinajstić information content (AvgIpc) is 3.40. The first-order valence-electron chi connectivity index (χ1n) is 10.1. The van der Waals surface area contributed by atoms with Crippen LogP contribution in [0.1, 0.15) is 24.0 Å². The van der Waals surface area contributed by atoms with E-state index in [9.17, 15) is 5.26 Å². The molecular formula is C24H25N3OS. The standard InChI is InChI=1S/C24H25N3OS/c1-18-9-11-19(12-10-18)14-22(15-25)29-24-26-16-23(20-6-3-2-4-7-20)27(24)17-21-8-5-13-28-21/h2-4,6-7,9-12,16,21-22H,5,8,13-14,17H2,1H3. The highest BCUT2D eigenvalue weighted by Crippen LogP contribution is 2.31. The highest BCUT2D eigenvalue weighted by molar-refractivity contribution is 8.00. The Morgan fingerprint density at radius 2 is 2.00 bits per heavy atom. The van der Waals surface area contributed by atoms with Crippen molar-refractivity contribution in [2.45, 2.75) is 49.2 Å². The van der Waals surface area contributed by atoms with Crippen LogP contribution in [0.15, 0.2) is 66.0 Å². The number of benzene rings is 2. The number of imidazole rings is 1. The second kappa shape index (κ2) is 9.30. The lowest BCUT2D eigenvalue weighted by molar-refractivity contribution is 0.0954. The number of ether oxygens (including phenoxy) is 1. The Kier molecular flexibility index (Phi) is 6.33. The van der Waals surface area contributed by atoms with Crippen LogP contribution in [0.2, 0.25) is 0 Å². The van der Waals surface area contributed by atoms with Crippen LogP contribution < -0.4 is 0 Å². The van der Waals surface area contributed by atoms with Gasteiger partial charge in [-0.3, -0.25) is 0 Å². The zero-order valence-corrected chi connectivity index (χ0v) is 17.4. The maximum absolute atomic E-state index is 9.77. The van der Waals surface area contributed by atoms with Crippen LogP contribution in [0.5, 0.6) is 0 Å². The molecule has 0 radical (unpaired) electrons. The molecule has 1 aliphatic heterocycles. The van der Waals surface area contributed by atoms with Gasteiger partial charge in [0.15, 0.2) is 5.16 Å². The second-order valence-electron chi connectivity index (χ2n) is 7.46. The van der Waals surface area contributed by atoms with Gasteiger partial charge in [-0.25, -0.2) is 4.98 Å². The number of nitriles is 1. The predicted molar refractivity (Wildman–Crippen MR) is 117 cm³/mol. The Bertz CT molecular complexity index is 970. The van der Waals surface area contributed by atoms with Gasteiger partial charge in [0.25, 0.3) is 0 Å². The van der Waals surface area contributed by atoms with Crippen LogP contribution in [0.4, 0.5) is 0 Å². The number of nitrogens with zero attached hydrogens (tertiary/aromatic N) is 3. The molecule has 0 amide bonds. The molecule has 0 aliphatic carbocycles. The first-order chi connectivity index (χ1) is 14.2. The van der Waals surface area contributed by atoms with Gasteiger partial charge in [-0.2, -0.15) is 5.26 Å². The van der Waals surface area contributed by atoms with Crippen LogP contribution >= 0.6 is 11.8 Å². The van der Waals surface area contributed by atoms with Gasteiger partial charge in [-0.1, -0.05) is 71.9 Å². The van der Waals surface area contributed by atoms with E-state index in [4.69, 9.17) is 9.72 Å². The van der Waals surface area contributed by atoms with Gasteiger partial charge in [0.05, 0.1) is 30.6 Å². The topological polar surface area (TPSA) is 50.8 Å². The van der Waals surface area contributed by atoms with Crippen molar-refractivity contribution in [2.24, 2.45) is 0 Å². The minimum Gasteiger partial charge on any atom is -0.376 e. The van der Waals surface area contributed by atoms with Gasteiger partial charge in [0.2, 0.25) is 0 Å². The summed E-state index contributed by atoms with van der Waals surface area (Å²) in [5.41, 5.74) is 4.62. The van der Waals surface area contributed by atoms with Crippen molar-refractivity contribution < 1.29 is 4.74 Å². The molecule has 1 aliphatic rings. The van der Waals surface area contributed by atoms with Gasteiger partial charge in [0, 0.05) is 6.61 Å². The van der Waals surface area contributed by atoms with Gasteiger partial charge in [-0.15, -0.1) is 0 Å². The normalized spacial score (nSPS) is 17.2. The molecule has 1 fully saturated rings. The Labute approximate surface area is 176 Å². The smallest absolute Gasteiger partial charge is 0.169 e. The lowest BCUT2D eigenvalue weighted by Gasteiger charge is -2.17. The molecule has 1 saturated heterocycles. The Morgan fingerprint density at radius 3 is 2.69 bits per heavy atom. The van der Waals surface area contributed by atoms with Gasteiger partial charge >= 0.3 is 0 Å². The molecule has 0 saturated carbocycles. The second-order valence-corrected chi connectivity index (χ2v) is 8.63. The molecule has 5 heteroatoms. The fraction of sp³-hybridized carbons (Fsp3) is 0.333. The van der Waals surface area contributed by atoms with E-state index in [1.165, 1.54) is 11.1 Å². The molecule has 4 rings (SSSR count).